The SMILES string of the molecule is C/C=C\c1c(N)oc2cc(N(c3ccc(-c4ccccc4)cc3)c3ccc(-c4ccc5ccc6ccc7ccccc7c6c5c4)cc3)ccc12. The van der Waals surface area contributed by atoms with Gasteiger partial charge in [0.1, 0.15) is 5.58 Å². The van der Waals surface area contributed by atoms with Gasteiger partial charge in [0.05, 0.1) is 0 Å². The zero-order valence-electron chi connectivity index (χ0n) is 27.7. The topological polar surface area (TPSA) is 42.4 Å². The molecule has 9 rings (SSSR count). The van der Waals surface area contributed by atoms with Crippen LogP contribution in [0.5, 0.6) is 0 Å². The molecule has 0 saturated heterocycles. The molecule has 0 spiro atoms. The maximum absolute atomic E-state index is 6.29. The summed E-state index contributed by atoms with van der Waals surface area (Å²) in [5.74, 6) is 0.425. The van der Waals surface area contributed by atoms with Gasteiger partial charge >= 0.3 is 0 Å². The Hall–Kier alpha value is -6.58. The fourth-order valence-electron chi connectivity index (χ4n) is 7.29. The van der Waals surface area contributed by atoms with E-state index in [0.717, 1.165) is 39.2 Å². The van der Waals surface area contributed by atoms with Gasteiger partial charge in [0.15, 0.2) is 5.88 Å². The maximum Gasteiger partial charge on any atom is 0.198 e. The molecule has 0 aliphatic rings. The molecular formula is C47H34N2O. The van der Waals surface area contributed by atoms with E-state index in [1.54, 1.807) is 0 Å². The first-order valence-electron chi connectivity index (χ1n) is 17.0. The molecule has 2 N–H and O–H groups in total. The number of hydrogen-bond donors (Lipinski definition) is 1. The summed E-state index contributed by atoms with van der Waals surface area (Å²) in [4.78, 5) is 2.27. The quantitative estimate of drug-likeness (QED) is 0.184. The third-order valence-corrected chi connectivity index (χ3v) is 9.75. The molecule has 1 heterocycles. The minimum absolute atomic E-state index is 0.425. The number of furan rings is 1. The fraction of sp³-hybridized carbons (Fsp3) is 0.0213. The average Bonchev–Trinajstić information content (AvgIpc) is 3.49. The number of hydrogen-bond acceptors (Lipinski definition) is 3. The van der Waals surface area contributed by atoms with Crippen LogP contribution in [0, 0.1) is 0 Å². The van der Waals surface area contributed by atoms with Gasteiger partial charge in [-0.05, 0) is 104 Å². The third-order valence-electron chi connectivity index (χ3n) is 9.75. The number of nitrogen functional groups attached to an aromatic ring is 1. The summed E-state index contributed by atoms with van der Waals surface area (Å²) in [6.45, 7) is 1.99. The molecule has 238 valence electrons. The second-order valence-electron chi connectivity index (χ2n) is 12.7. The molecule has 3 nitrogen and oxygen atoms in total. The lowest BCUT2D eigenvalue weighted by Gasteiger charge is -2.26. The van der Waals surface area contributed by atoms with Crippen molar-refractivity contribution in [2.45, 2.75) is 6.92 Å². The first kappa shape index (κ1) is 29.6. The van der Waals surface area contributed by atoms with Crippen molar-refractivity contribution >= 4 is 72.3 Å². The molecule has 0 unspecified atom stereocenters. The largest absolute Gasteiger partial charge is 0.440 e. The predicted octanol–water partition coefficient (Wildman–Crippen LogP) is 13.3. The molecule has 9 aromatic rings. The summed E-state index contributed by atoms with van der Waals surface area (Å²) in [6, 6.07) is 58.8. The second-order valence-corrected chi connectivity index (χ2v) is 12.7. The Kier molecular flexibility index (Phi) is 7.18. The highest BCUT2D eigenvalue weighted by Gasteiger charge is 2.17. The lowest BCUT2D eigenvalue weighted by molar-refractivity contribution is 0.636. The molecule has 0 fully saturated rings. The smallest absolute Gasteiger partial charge is 0.198 e. The minimum Gasteiger partial charge on any atom is -0.440 e. The number of allylic oxidation sites excluding steroid dienone is 1. The van der Waals surface area contributed by atoms with Crippen molar-refractivity contribution in [3.05, 3.63) is 175 Å². The van der Waals surface area contributed by atoms with E-state index in [-0.39, 0.29) is 0 Å². The van der Waals surface area contributed by atoms with Crippen molar-refractivity contribution in [3.8, 4) is 22.3 Å². The van der Waals surface area contributed by atoms with Crippen LogP contribution in [0.15, 0.2) is 174 Å². The van der Waals surface area contributed by atoms with Crippen LogP contribution in [0.4, 0.5) is 22.9 Å². The highest BCUT2D eigenvalue weighted by atomic mass is 16.3. The standard InChI is InChI=1S/C47H34N2O/c1-2-8-43-42-28-27-40(30-45(42)50-47(43)48)49(38-23-19-32(20-24-38)31-9-4-3-5-10-31)39-25-21-33(22-26-39)37-18-15-35-14-17-36-16-13-34-11-6-7-12-41(34)46(36)44(35)29-37/h2-30H,48H2,1H3/b8-2-. The van der Waals surface area contributed by atoms with Crippen molar-refractivity contribution < 1.29 is 4.42 Å². The highest BCUT2D eigenvalue weighted by molar-refractivity contribution is 6.20. The van der Waals surface area contributed by atoms with E-state index in [0.29, 0.717) is 5.88 Å². The molecule has 0 aliphatic heterocycles. The van der Waals surface area contributed by atoms with E-state index in [1.807, 2.05) is 25.1 Å². The molecule has 0 atom stereocenters. The molecule has 0 bridgehead atoms. The number of nitrogens with zero attached hydrogens (tertiary/aromatic N) is 1. The fourth-order valence-corrected chi connectivity index (χ4v) is 7.29. The van der Waals surface area contributed by atoms with Crippen LogP contribution in [0.2, 0.25) is 0 Å². The summed E-state index contributed by atoms with van der Waals surface area (Å²) < 4.78 is 6.06. The lowest BCUT2D eigenvalue weighted by atomic mass is 9.94. The van der Waals surface area contributed by atoms with Crippen molar-refractivity contribution in [1.82, 2.24) is 0 Å². The van der Waals surface area contributed by atoms with Crippen LogP contribution >= 0.6 is 0 Å². The van der Waals surface area contributed by atoms with E-state index in [1.165, 1.54) is 49.0 Å². The van der Waals surface area contributed by atoms with Crippen LogP contribution < -0.4 is 10.6 Å². The Labute approximate surface area is 291 Å². The van der Waals surface area contributed by atoms with Gasteiger partial charge in [-0.25, -0.2) is 0 Å². The van der Waals surface area contributed by atoms with Crippen molar-refractivity contribution in [2.24, 2.45) is 0 Å². The summed E-state index contributed by atoms with van der Waals surface area (Å²) in [5.41, 5.74) is 15.8. The van der Waals surface area contributed by atoms with Gasteiger partial charge in [0.25, 0.3) is 0 Å². The van der Waals surface area contributed by atoms with E-state index in [9.17, 15) is 0 Å². The van der Waals surface area contributed by atoms with E-state index < -0.39 is 0 Å². The summed E-state index contributed by atoms with van der Waals surface area (Å²) in [7, 11) is 0. The summed E-state index contributed by atoms with van der Waals surface area (Å²) in [5, 5.41) is 8.60. The zero-order chi connectivity index (χ0) is 33.6. The molecule has 3 heteroatoms. The van der Waals surface area contributed by atoms with Crippen LogP contribution in [0.3, 0.4) is 0 Å². The average molecular weight is 643 g/mol. The number of anilines is 4. The maximum atomic E-state index is 6.29. The van der Waals surface area contributed by atoms with E-state index >= 15 is 0 Å². The van der Waals surface area contributed by atoms with Crippen LogP contribution in [0.25, 0.3) is 71.6 Å². The Morgan fingerprint density at radius 1 is 0.480 bits per heavy atom. The third kappa shape index (κ3) is 5.08. The van der Waals surface area contributed by atoms with Crippen LogP contribution in [0.1, 0.15) is 12.5 Å². The van der Waals surface area contributed by atoms with Crippen molar-refractivity contribution in [1.29, 1.82) is 0 Å². The molecule has 0 aliphatic carbocycles. The predicted molar refractivity (Wildman–Crippen MR) is 213 cm³/mol. The normalized spacial score (nSPS) is 11.7. The zero-order valence-corrected chi connectivity index (χ0v) is 27.7. The molecule has 0 amide bonds. The van der Waals surface area contributed by atoms with Gasteiger partial charge in [-0.2, -0.15) is 0 Å². The molecule has 0 saturated carbocycles. The van der Waals surface area contributed by atoms with Crippen LogP contribution in [-0.4, -0.2) is 0 Å². The first-order chi connectivity index (χ1) is 24.6. The van der Waals surface area contributed by atoms with Crippen LogP contribution in [-0.2, 0) is 0 Å². The molecule has 0 radical (unpaired) electrons. The van der Waals surface area contributed by atoms with Crippen molar-refractivity contribution in [2.75, 3.05) is 10.6 Å². The van der Waals surface area contributed by atoms with Gasteiger partial charge in [-0.3, -0.25) is 0 Å². The van der Waals surface area contributed by atoms with Crippen molar-refractivity contribution in [3.63, 3.8) is 0 Å². The van der Waals surface area contributed by atoms with Gasteiger partial charge in [0, 0.05) is 34.1 Å². The van der Waals surface area contributed by atoms with Gasteiger partial charge < -0.3 is 15.1 Å². The summed E-state index contributed by atoms with van der Waals surface area (Å²) >= 11 is 0. The lowest BCUT2D eigenvalue weighted by Crippen LogP contribution is -2.09. The van der Waals surface area contributed by atoms with Gasteiger partial charge in [0.2, 0.25) is 0 Å². The first-order valence-corrected chi connectivity index (χ1v) is 17.0. The number of nitrogens with two attached hydrogens (primary N) is 1. The monoisotopic (exact) mass is 642 g/mol. The molecule has 50 heavy (non-hydrogen) atoms. The van der Waals surface area contributed by atoms with Gasteiger partial charge in [-0.1, -0.05) is 127 Å². The molecule has 8 aromatic carbocycles. The molecule has 1 aromatic heterocycles. The summed E-state index contributed by atoms with van der Waals surface area (Å²) in [6.07, 6.45) is 3.98. The number of benzene rings is 8. The van der Waals surface area contributed by atoms with Gasteiger partial charge in [-0.15, -0.1) is 0 Å². The number of fused-ring (bicyclic) bond motifs is 6. The number of rotatable bonds is 6. The Morgan fingerprint density at radius 2 is 1.04 bits per heavy atom. The highest BCUT2D eigenvalue weighted by Crippen LogP contribution is 2.41. The van der Waals surface area contributed by atoms with E-state index in [2.05, 4.69) is 163 Å². The minimum atomic E-state index is 0.425. The second kappa shape index (κ2) is 12.1. The van der Waals surface area contributed by atoms with E-state index in [4.69, 9.17) is 10.2 Å². The Balaban J connectivity index is 1.15. The Bertz CT molecular complexity index is 2700. The Morgan fingerprint density at radius 3 is 1.76 bits per heavy atom. The molecular weight excluding hydrogens is 609 g/mol.